The Morgan fingerprint density at radius 1 is 1.09 bits per heavy atom. The number of hydrogen-bond acceptors (Lipinski definition) is 4. The van der Waals surface area contributed by atoms with Gasteiger partial charge in [-0.1, -0.05) is 39.0 Å². The second-order valence-corrected chi connectivity index (χ2v) is 8.16. The van der Waals surface area contributed by atoms with Gasteiger partial charge in [-0.05, 0) is 41.2 Å². The number of nitrogens with zero attached hydrogens (tertiary/aromatic N) is 2. The van der Waals surface area contributed by atoms with Crippen molar-refractivity contribution >= 4 is 33.4 Å². The maximum atomic E-state index is 9.01. The Bertz CT molecular complexity index is 857. The third-order valence-electron chi connectivity index (χ3n) is 4.04. The van der Waals surface area contributed by atoms with E-state index in [1.54, 1.807) is 11.5 Å². The SMILES string of the molecule is CC(C)C(C)Sc1ccc2cnsc2c1-c1ccc(C#N)cc1. The molecule has 1 unspecified atom stereocenters. The Balaban J connectivity index is 2.14. The molecule has 4 heteroatoms. The molecule has 0 aliphatic rings. The Morgan fingerprint density at radius 2 is 1.83 bits per heavy atom. The zero-order chi connectivity index (χ0) is 16.4. The molecule has 23 heavy (non-hydrogen) atoms. The van der Waals surface area contributed by atoms with Crippen molar-refractivity contribution in [1.29, 1.82) is 5.26 Å². The van der Waals surface area contributed by atoms with Gasteiger partial charge >= 0.3 is 0 Å². The van der Waals surface area contributed by atoms with Gasteiger partial charge in [0.1, 0.15) is 0 Å². The Labute approximate surface area is 145 Å². The van der Waals surface area contributed by atoms with Crippen LogP contribution in [0.15, 0.2) is 47.5 Å². The maximum absolute atomic E-state index is 9.01. The summed E-state index contributed by atoms with van der Waals surface area (Å²) in [5, 5.41) is 10.7. The van der Waals surface area contributed by atoms with E-state index < -0.39 is 0 Å². The van der Waals surface area contributed by atoms with Crippen LogP contribution in [0.25, 0.3) is 21.2 Å². The lowest BCUT2D eigenvalue weighted by Gasteiger charge is -2.18. The molecule has 1 heterocycles. The molecule has 0 bridgehead atoms. The summed E-state index contributed by atoms with van der Waals surface area (Å²) >= 11 is 3.46. The van der Waals surface area contributed by atoms with E-state index in [1.807, 2.05) is 42.2 Å². The molecule has 3 rings (SSSR count). The number of rotatable bonds is 4. The number of fused-ring (bicyclic) bond motifs is 1. The molecule has 0 N–H and O–H groups in total. The van der Waals surface area contributed by atoms with Crippen LogP contribution in [0.1, 0.15) is 26.3 Å². The molecular weight excluding hydrogens is 320 g/mol. The summed E-state index contributed by atoms with van der Waals surface area (Å²) in [7, 11) is 0. The normalized spacial score (nSPS) is 12.5. The first kappa shape index (κ1) is 16.0. The Kier molecular flexibility index (Phi) is 4.70. The standard InChI is InChI=1S/C19H18N2S2/c1-12(2)13(3)22-17-9-8-16-11-21-23-19(16)18(17)15-6-4-14(10-20)5-7-15/h4-9,11-13H,1-3H3. The average Bonchev–Trinajstić information content (AvgIpc) is 3.03. The summed E-state index contributed by atoms with van der Waals surface area (Å²) in [4.78, 5) is 1.28. The smallest absolute Gasteiger partial charge is 0.0991 e. The van der Waals surface area contributed by atoms with Gasteiger partial charge in [0, 0.05) is 27.3 Å². The maximum Gasteiger partial charge on any atom is 0.0991 e. The van der Waals surface area contributed by atoms with E-state index in [9.17, 15) is 0 Å². The van der Waals surface area contributed by atoms with Crippen molar-refractivity contribution in [3.63, 3.8) is 0 Å². The number of benzene rings is 2. The summed E-state index contributed by atoms with van der Waals surface area (Å²) < 4.78 is 5.57. The molecule has 0 radical (unpaired) electrons. The second kappa shape index (κ2) is 6.74. The lowest BCUT2D eigenvalue weighted by Crippen LogP contribution is -2.05. The first-order valence-electron chi connectivity index (χ1n) is 7.64. The molecule has 0 aliphatic carbocycles. The highest BCUT2D eigenvalue weighted by atomic mass is 32.2. The summed E-state index contributed by atoms with van der Waals surface area (Å²) in [6.45, 7) is 6.78. The minimum absolute atomic E-state index is 0.539. The molecule has 1 aromatic heterocycles. The van der Waals surface area contributed by atoms with Crippen molar-refractivity contribution in [2.24, 2.45) is 5.92 Å². The van der Waals surface area contributed by atoms with Gasteiger partial charge in [-0.15, -0.1) is 11.8 Å². The van der Waals surface area contributed by atoms with E-state index in [0.29, 0.717) is 16.7 Å². The quantitative estimate of drug-likeness (QED) is 0.550. The van der Waals surface area contributed by atoms with Crippen molar-refractivity contribution in [2.75, 3.05) is 0 Å². The second-order valence-electron chi connectivity index (χ2n) is 5.94. The third-order valence-corrected chi connectivity index (χ3v) is 6.38. The monoisotopic (exact) mass is 338 g/mol. The molecule has 0 fully saturated rings. The number of nitriles is 1. The first-order chi connectivity index (χ1) is 11.1. The zero-order valence-electron chi connectivity index (χ0n) is 13.4. The van der Waals surface area contributed by atoms with Crippen molar-refractivity contribution < 1.29 is 0 Å². The summed E-state index contributed by atoms with van der Waals surface area (Å²) in [6, 6.07) is 14.4. The van der Waals surface area contributed by atoms with Crippen LogP contribution in [-0.2, 0) is 0 Å². The molecule has 0 amide bonds. The van der Waals surface area contributed by atoms with Gasteiger partial charge in [0.05, 0.1) is 16.3 Å². The average molecular weight is 339 g/mol. The molecule has 0 spiro atoms. The fraction of sp³-hybridized carbons (Fsp3) is 0.263. The van der Waals surface area contributed by atoms with E-state index in [0.717, 1.165) is 5.56 Å². The van der Waals surface area contributed by atoms with Gasteiger partial charge in [-0.25, -0.2) is 0 Å². The molecule has 0 aliphatic heterocycles. The minimum atomic E-state index is 0.539. The predicted octanol–water partition coefficient (Wildman–Crippen LogP) is 5.97. The van der Waals surface area contributed by atoms with E-state index in [4.69, 9.17) is 5.26 Å². The largest absolute Gasteiger partial charge is 0.200 e. The minimum Gasteiger partial charge on any atom is -0.200 e. The van der Waals surface area contributed by atoms with Crippen LogP contribution >= 0.6 is 23.3 Å². The fourth-order valence-electron chi connectivity index (χ4n) is 2.34. The molecule has 116 valence electrons. The van der Waals surface area contributed by atoms with Crippen LogP contribution in [0.5, 0.6) is 0 Å². The molecule has 0 saturated heterocycles. The van der Waals surface area contributed by atoms with Gasteiger partial charge in [-0.3, -0.25) is 0 Å². The van der Waals surface area contributed by atoms with Gasteiger partial charge in [0.25, 0.3) is 0 Å². The van der Waals surface area contributed by atoms with E-state index in [-0.39, 0.29) is 0 Å². The summed E-state index contributed by atoms with van der Waals surface area (Å²) in [5.41, 5.74) is 3.08. The topological polar surface area (TPSA) is 36.7 Å². The van der Waals surface area contributed by atoms with Crippen LogP contribution in [-0.4, -0.2) is 9.62 Å². The summed E-state index contributed by atoms with van der Waals surface area (Å²) in [5.74, 6) is 0.617. The summed E-state index contributed by atoms with van der Waals surface area (Å²) in [6.07, 6.45) is 1.92. The van der Waals surface area contributed by atoms with E-state index in [1.165, 1.54) is 20.5 Å². The van der Waals surface area contributed by atoms with Gasteiger partial charge < -0.3 is 0 Å². The molecule has 0 saturated carbocycles. The van der Waals surface area contributed by atoms with Crippen LogP contribution in [0.3, 0.4) is 0 Å². The molecule has 3 aromatic rings. The first-order valence-corrected chi connectivity index (χ1v) is 9.30. The number of hydrogen-bond donors (Lipinski definition) is 0. The van der Waals surface area contributed by atoms with Crippen molar-refractivity contribution in [3.05, 3.63) is 48.2 Å². The fourth-order valence-corrected chi connectivity index (χ4v) is 4.37. The lowest BCUT2D eigenvalue weighted by molar-refractivity contribution is 0.642. The van der Waals surface area contributed by atoms with Crippen LogP contribution in [0.4, 0.5) is 0 Å². The van der Waals surface area contributed by atoms with E-state index >= 15 is 0 Å². The number of aromatic nitrogens is 1. The highest BCUT2D eigenvalue weighted by Crippen LogP contribution is 2.41. The van der Waals surface area contributed by atoms with Crippen molar-refractivity contribution in [2.45, 2.75) is 30.9 Å². The highest BCUT2D eigenvalue weighted by molar-refractivity contribution is 8.00. The van der Waals surface area contributed by atoms with Crippen LogP contribution in [0.2, 0.25) is 0 Å². The highest BCUT2D eigenvalue weighted by Gasteiger charge is 2.16. The van der Waals surface area contributed by atoms with Gasteiger partial charge in [0.2, 0.25) is 0 Å². The third kappa shape index (κ3) is 3.26. The van der Waals surface area contributed by atoms with Crippen molar-refractivity contribution in [1.82, 2.24) is 4.37 Å². The Hall–Kier alpha value is -1.83. The zero-order valence-corrected chi connectivity index (χ0v) is 15.0. The van der Waals surface area contributed by atoms with E-state index in [2.05, 4.69) is 43.3 Å². The number of thioether (sulfide) groups is 1. The van der Waals surface area contributed by atoms with Crippen LogP contribution < -0.4 is 0 Å². The van der Waals surface area contributed by atoms with Crippen molar-refractivity contribution in [3.8, 4) is 17.2 Å². The molecule has 2 aromatic carbocycles. The predicted molar refractivity (Wildman–Crippen MR) is 99.9 cm³/mol. The lowest BCUT2D eigenvalue weighted by atomic mass is 10.0. The van der Waals surface area contributed by atoms with Gasteiger partial charge in [-0.2, -0.15) is 9.64 Å². The molecule has 1 atom stereocenters. The Morgan fingerprint density at radius 3 is 2.48 bits per heavy atom. The van der Waals surface area contributed by atoms with Crippen LogP contribution in [0, 0.1) is 17.2 Å². The molecular formula is C19H18N2S2. The molecule has 2 nitrogen and oxygen atoms in total. The van der Waals surface area contributed by atoms with Gasteiger partial charge in [0.15, 0.2) is 0 Å².